The maximum absolute atomic E-state index is 6.16. The van der Waals surface area contributed by atoms with E-state index < -0.39 is 0 Å². The van der Waals surface area contributed by atoms with Crippen molar-refractivity contribution >= 4 is 23.4 Å². The van der Waals surface area contributed by atoms with Crippen LogP contribution in [-0.2, 0) is 0 Å². The van der Waals surface area contributed by atoms with Gasteiger partial charge in [-0.2, -0.15) is 4.98 Å². The molecule has 1 aromatic heterocycles. The van der Waals surface area contributed by atoms with Crippen molar-refractivity contribution in [2.45, 2.75) is 51.5 Å². The van der Waals surface area contributed by atoms with Gasteiger partial charge in [-0.05, 0) is 26.2 Å². The summed E-state index contributed by atoms with van der Waals surface area (Å²) < 4.78 is 0. The standard InChI is InChI=1S/C13H21ClN4/c1-3-8-15-12-16-9-10(14)11(17-12)18-13(2)6-4-5-7-13/h9H,3-8H2,1-2H3,(H2,15,16,17,18). The molecule has 1 aromatic rings. The van der Waals surface area contributed by atoms with Crippen molar-refractivity contribution in [3.05, 3.63) is 11.2 Å². The van der Waals surface area contributed by atoms with Crippen LogP contribution in [0.15, 0.2) is 6.20 Å². The third kappa shape index (κ3) is 3.25. The highest BCUT2D eigenvalue weighted by atomic mass is 35.5. The predicted molar refractivity (Wildman–Crippen MR) is 76.3 cm³/mol. The maximum atomic E-state index is 6.16. The molecule has 0 aromatic carbocycles. The first-order chi connectivity index (χ1) is 8.63. The van der Waals surface area contributed by atoms with E-state index in [0.717, 1.165) is 18.8 Å². The molecule has 0 spiro atoms. The van der Waals surface area contributed by atoms with E-state index in [0.29, 0.717) is 11.0 Å². The molecular formula is C13H21ClN4. The molecule has 1 aliphatic carbocycles. The van der Waals surface area contributed by atoms with E-state index in [-0.39, 0.29) is 5.54 Å². The monoisotopic (exact) mass is 268 g/mol. The average molecular weight is 269 g/mol. The molecule has 2 N–H and O–H groups in total. The van der Waals surface area contributed by atoms with E-state index in [1.165, 1.54) is 25.7 Å². The highest BCUT2D eigenvalue weighted by Crippen LogP contribution is 2.34. The Morgan fingerprint density at radius 2 is 2.11 bits per heavy atom. The second kappa shape index (κ2) is 5.74. The van der Waals surface area contributed by atoms with Crippen molar-refractivity contribution in [2.24, 2.45) is 0 Å². The lowest BCUT2D eigenvalue weighted by Crippen LogP contribution is -2.31. The summed E-state index contributed by atoms with van der Waals surface area (Å²) in [5, 5.41) is 7.25. The molecule has 0 atom stereocenters. The zero-order chi connectivity index (χ0) is 13.0. The van der Waals surface area contributed by atoms with Crippen LogP contribution in [0.5, 0.6) is 0 Å². The zero-order valence-corrected chi connectivity index (χ0v) is 11.8. The van der Waals surface area contributed by atoms with Crippen molar-refractivity contribution < 1.29 is 0 Å². The summed E-state index contributed by atoms with van der Waals surface area (Å²) in [6.45, 7) is 5.22. The quantitative estimate of drug-likeness (QED) is 0.855. The van der Waals surface area contributed by atoms with Gasteiger partial charge in [-0.15, -0.1) is 0 Å². The van der Waals surface area contributed by atoms with Crippen molar-refractivity contribution in [1.29, 1.82) is 0 Å². The molecule has 0 unspecified atom stereocenters. The van der Waals surface area contributed by atoms with E-state index in [4.69, 9.17) is 11.6 Å². The molecule has 5 heteroatoms. The molecule has 100 valence electrons. The number of aromatic nitrogens is 2. The number of nitrogens with one attached hydrogen (secondary N) is 2. The van der Waals surface area contributed by atoms with Gasteiger partial charge in [-0.25, -0.2) is 4.98 Å². The molecule has 1 saturated carbocycles. The molecule has 2 rings (SSSR count). The molecule has 1 fully saturated rings. The molecule has 0 radical (unpaired) electrons. The van der Waals surface area contributed by atoms with Crippen LogP contribution in [-0.4, -0.2) is 22.1 Å². The van der Waals surface area contributed by atoms with Gasteiger partial charge in [0.25, 0.3) is 0 Å². The van der Waals surface area contributed by atoms with Crippen molar-refractivity contribution in [2.75, 3.05) is 17.2 Å². The summed E-state index contributed by atoms with van der Waals surface area (Å²) in [5.41, 5.74) is 0.125. The number of nitrogens with zero attached hydrogens (tertiary/aromatic N) is 2. The van der Waals surface area contributed by atoms with Gasteiger partial charge in [-0.3, -0.25) is 0 Å². The second-order valence-corrected chi connectivity index (χ2v) is 5.62. The van der Waals surface area contributed by atoms with E-state index in [1.807, 2.05) is 0 Å². The van der Waals surface area contributed by atoms with Crippen LogP contribution in [0.2, 0.25) is 5.02 Å². The third-order valence-corrected chi connectivity index (χ3v) is 3.68. The van der Waals surface area contributed by atoms with E-state index in [2.05, 4.69) is 34.4 Å². The first-order valence-corrected chi connectivity index (χ1v) is 7.05. The number of hydrogen-bond donors (Lipinski definition) is 2. The Hall–Kier alpha value is -1.03. The molecule has 1 heterocycles. The van der Waals surface area contributed by atoms with Gasteiger partial charge in [0, 0.05) is 12.1 Å². The van der Waals surface area contributed by atoms with Gasteiger partial charge >= 0.3 is 0 Å². The summed E-state index contributed by atoms with van der Waals surface area (Å²) in [7, 11) is 0. The predicted octanol–water partition coefficient (Wildman–Crippen LogP) is 3.70. The number of hydrogen-bond acceptors (Lipinski definition) is 4. The summed E-state index contributed by atoms with van der Waals surface area (Å²) in [5.74, 6) is 1.39. The fourth-order valence-electron chi connectivity index (χ4n) is 2.34. The zero-order valence-electron chi connectivity index (χ0n) is 11.1. The summed E-state index contributed by atoms with van der Waals surface area (Å²) in [6.07, 6.45) is 7.59. The van der Waals surface area contributed by atoms with Crippen LogP contribution >= 0.6 is 11.6 Å². The minimum atomic E-state index is 0.125. The molecule has 18 heavy (non-hydrogen) atoms. The van der Waals surface area contributed by atoms with Gasteiger partial charge in [-0.1, -0.05) is 31.4 Å². The smallest absolute Gasteiger partial charge is 0.224 e. The van der Waals surface area contributed by atoms with Crippen molar-refractivity contribution in [1.82, 2.24) is 9.97 Å². The third-order valence-electron chi connectivity index (χ3n) is 3.40. The Bertz CT molecular complexity index is 402. The minimum Gasteiger partial charge on any atom is -0.364 e. The molecule has 0 bridgehead atoms. The molecule has 0 saturated heterocycles. The fraction of sp³-hybridized carbons (Fsp3) is 0.692. The first-order valence-electron chi connectivity index (χ1n) is 6.67. The van der Waals surface area contributed by atoms with Crippen LogP contribution in [0, 0.1) is 0 Å². The van der Waals surface area contributed by atoms with Crippen LogP contribution in [0.3, 0.4) is 0 Å². The average Bonchev–Trinajstić information content (AvgIpc) is 2.77. The number of anilines is 2. The maximum Gasteiger partial charge on any atom is 0.224 e. The van der Waals surface area contributed by atoms with Gasteiger partial charge in [0.15, 0.2) is 5.82 Å². The van der Waals surface area contributed by atoms with Gasteiger partial charge in [0.1, 0.15) is 5.02 Å². The lowest BCUT2D eigenvalue weighted by Gasteiger charge is -2.26. The largest absolute Gasteiger partial charge is 0.364 e. The van der Waals surface area contributed by atoms with E-state index >= 15 is 0 Å². The number of rotatable bonds is 5. The molecule has 0 aliphatic heterocycles. The first kappa shape index (κ1) is 13.4. The Labute approximate surface area is 114 Å². The minimum absolute atomic E-state index is 0.125. The summed E-state index contributed by atoms with van der Waals surface area (Å²) in [4.78, 5) is 8.63. The van der Waals surface area contributed by atoms with Crippen LogP contribution in [0.4, 0.5) is 11.8 Å². The van der Waals surface area contributed by atoms with Gasteiger partial charge in [0.2, 0.25) is 5.95 Å². The number of halogens is 1. The SMILES string of the molecule is CCCNc1ncc(Cl)c(NC2(C)CCCC2)n1. The Balaban J connectivity index is 2.10. The Morgan fingerprint density at radius 3 is 2.78 bits per heavy atom. The normalized spacial score (nSPS) is 17.7. The van der Waals surface area contributed by atoms with Crippen LogP contribution in [0.1, 0.15) is 46.0 Å². The summed E-state index contributed by atoms with van der Waals surface area (Å²) in [6, 6.07) is 0. The van der Waals surface area contributed by atoms with E-state index in [9.17, 15) is 0 Å². The lowest BCUT2D eigenvalue weighted by atomic mass is 10.0. The fourth-order valence-corrected chi connectivity index (χ4v) is 2.48. The van der Waals surface area contributed by atoms with E-state index in [1.54, 1.807) is 6.20 Å². The van der Waals surface area contributed by atoms with Gasteiger partial charge < -0.3 is 10.6 Å². The van der Waals surface area contributed by atoms with Gasteiger partial charge in [0.05, 0.1) is 6.20 Å². The van der Waals surface area contributed by atoms with Crippen LogP contribution in [0.25, 0.3) is 0 Å². The topological polar surface area (TPSA) is 49.8 Å². The molecular weight excluding hydrogens is 248 g/mol. The van der Waals surface area contributed by atoms with Crippen LogP contribution < -0.4 is 10.6 Å². The second-order valence-electron chi connectivity index (χ2n) is 5.21. The van der Waals surface area contributed by atoms with Crippen molar-refractivity contribution in [3.63, 3.8) is 0 Å². The summed E-state index contributed by atoms with van der Waals surface area (Å²) >= 11 is 6.16. The lowest BCUT2D eigenvalue weighted by molar-refractivity contribution is 0.531. The molecule has 0 amide bonds. The Kier molecular flexibility index (Phi) is 4.27. The highest BCUT2D eigenvalue weighted by Gasteiger charge is 2.29. The highest BCUT2D eigenvalue weighted by molar-refractivity contribution is 6.32. The molecule has 4 nitrogen and oxygen atoms in total. The Morgan fingerprint density at radius 1 is 1.39 bits per heavy atom. The molecule has 1 aliphatic rings. The van der Waals surface area contributed by atoms with Crippen molar-refractivity contribution in [3.8, 4) is 0 Å².